The molecular formula is C12H22N2O5. The minimum Gasteiger partial charge on any atom is -0.481 e. The van der Waals surface area contributed by atoms with Gasteiger partial charge in [-0.3, -0.25) is 14.9 Å². The summed E-state index contributed by atoms with van der Waals surface area (Å²) in [4.78, 5) is 35.0. The monoisotopic (exact) mass is 274 g/mol. The standard InChI is InChI=1S/C12H22N2O5/c1-9(2)8-14(6-7-19-3)12(18)13-10(15)4-5-11(16)17/h9H,4-8H2,1-3H3,(H,16,17)(H,13,15,18). The van der Waals surface area contributed by atoms with Crippen molar-refractivity contribution in [1.29, 1.82) is 0 Å². The van der Waals surface area contributed by atoms with Gasteiger partial charge in [0.05, 0.1) is 13.0 Å². The molecule has 0 aliphatic rings. The molecule has 3 amide bonds. The second kappa shape index (κ2) is 9.32. The van der Waals surface area contributed by atoms with Gasteiger partial charge in [-0.05, 0) is 5.92 Å². The average molecular weight is 274 g/mol. The molecule has 0 saturated carbocycles. The lowest BCUT2D eigenvalue weighted by Gasteiger charge is -2.24. The van der Waals surface area contributed by atoms with Gasteiger partial charge in [-0.25, -0.2) is 4.79 Å². The Morgan fingerprint density at radius 3 is 2.37 bits per heavy atom. The first-order chi connectivity index (χ1) is 8.86. The third-order valence-electron chi connectivity index (χ3n) is 2.25. The lowest BCUT2D eigenvalue weighted by Crippen LogP contribution is -2.45. The average Bonchev–Trinajstić information content (AvgIpc) is 2.31. The maximum atomic E-state index is 11.8. The van der Waals surface area contributed by atoms with E-state index in [0.29, 0.717) is 19.7 Å². The second-order valence-electron chi connectivity index (χ2n) is 4.58. The number of rotatable bonds is 8. The van der Waals surface area contributed by atoms with E-state index in [1.807, 2.05) is 13.8 Å². The van der Waals surface area contributed by atoms with Gasteiger partial charge in [0, 0.05) is 26.6 Å². The second-order valence-corrected chi connectivity index (χ2v) is 4.58. The van der Waals surface area contributed by atoms with Gasteiger partial charge < -0.3 is 14.7 Å². The van der Waals surface area contributed by atoms with Crippen molar-refractivity contribution in [3.8, 4) is 0 Å². The third kappa shape index (κ3) is 9.01. The van der Waals surface area contributed by atoms with Crippen molar-refractivity contribution in [2.24, 2.45) is 5.92 Å². The number of carbonyl (C=O) groups is 3. The van der Waals surface area contributed by atoms with E-state index in [1.54, 1.807) is 0 Å². The molecule has 0 aromatic rings. The summed E-state index contributed by atoms with van der Waals surface area (Å²) in [5.74, 6) is -1.39. The van der Waals surface area contributed by atoms with E-state index in [1.165, 1.54) is 12.0 Å². The van der Waals surface area contributed by atoms with Crippen LogP contribution in [-0.2, 0) is 14.3 Å². The summed E-state index contributed by atoms with van der Waals surface area (Å²) >= 11 is 0. The SMILES string of the molecule is COCCN(CC(C)C)C(=O)NC(=O)CCC(=O)O. The zero-order chi connectivity index (χ0) is 14.8. The number of carboxylic acids is 1. The number of carbonyl (C=O) groups excluding carboxylic acids is 2. The summed E-state index contributed by atoms with van der Waals surface area (Å²) in [7, 11) is 1.53. The maximum Gasteiger partial charge on any atom is 0.324 e. The summed E-state index contributed by atoms with van der Waals surface area (Å²) in [6.07, 6.45) is -0.498. The molecule has 0 spiro atoms. The van der Waals surface area contributed by atoms with E-state index in [9.17, 15) is 14.4 Å². The quantitative estimate of drug-likeness (QED) is 0.679. The zero-order valence-electron chi connectivity index (χ0n) is 11.6. The molecule has 7 heteroatoms. The predicted molar refractivity (Wildman–Crippen MR) is 68.7 cm³/mol. The Labute approximate surface area is 112 Å². The van der Waals surface area contributed by atoms with E-state index in [0.717, 1.165) is 0 Å². The molecule has 7 nitrogen and oxygen atoms in total. The Morgan fingerprint density at radius 1 is 1.26 bits per heavy atom. The molecule has 0 aliphatic carbocycles. The van der Waals surface area contributed by atoms with Crippen LogP contribution in [0.3, 0.4) is 0 Å². The van der Waals surface area contributed by atoms with Crippen molar-refractivity contribution in [2.45, 2.75) is 26.7 Å². The topological polar surface area (TPSA) is 95.9 Å². The van der Waals surface area contributed by atoms with Crippen LogP contribution < -0.4 is 5.32 Å². The molecule has 0 heterocycles. The van der Waals surface area contributed by atoms with Crippen molar-refractivity contribution in [3.05, 3.63) is 0 Å². The van der Waals surface area contributed by atoms with Crippen LogP contribution in [0.15, 0.2) is 0 Å². The molecule has 0 saturated heterocycles. The van der Waals surface area contributed by atoms with Crippen LogP contribution in [0, 0.1) is 5.92 Å². The largest absolute Gasteiger partial charge is 0.481 e. The van der Waals surface area contributed by atoms with Gasteiger partial charge in [0.15, 0.2) is 0 Å². The summed E-state index contributed by atoms with van der Waals surface area (Å²) in [6.45, 7) is 5.18. The Balaban J connectivity index is 4.28. The maximum absolute atomic E-state index is 11.8. The number of hydrogen-bond acceptors (Lipinski definition) is 4. The van der Waals surface area contributed by atoms with Gasteiger partial charge in [0.2, 0.25) is 5.91 Å². The van der Waals surface area contributed by atoms with Gasteiger partial charge in [-0.15, -0.1) is 0 Å². The highest BCUT2D eigenvalue weighted by Crippen LogP contribution is 2.00. The summed E-state index contributed by atoms with van der Waals surface area (Å²) in [6, 6.07) is -0.513. The smallest absolute Gasteiger partial charge is 0.324 e. The molecule has 0 atom stereocenters. The molecule has 0 aromatic heterocycles. The van der Waals surface area contributed by atoms with Crippen LogP contribution in [0.5, 0.6) is 0 Å². The van der Waals surface area contributed by atoms with E-state index >= 15 is 0 Å². The predicted octanol–water partition coefficient (Wildman–Crippen LogP) is 0.692. The number of nitrogens with zero attached hydrogens (tertiary/aromatic N) is 1. The van der Waals surface area contributed by atoms with E-state index in [4.69, 9.17) is 9.84 Å². The number of methoxy groups -OCH3 is 1. The normalized spacial score (nSPS) is 10.3. The van der Waals surface area contributed by atoms with Gasteiger partial charge in [-0.2, -0.15) is 0 Å². The zero-order valence-corrected chi connectivity index (χ0v) is 11.6. The Morgan fingerprint density at radius 2 is 1.89 bits per heavy atom. The molecule has 0 bridgehead atoms. The van der Waals surface area contributed by atoms with Crippen LogP contribution in [0.4, 0.5) is 4.79 Å². The number of aliphatic carboxylic acids is 1. The number of carboxylic acid groups (broad SMARTS) is 1. The highest BCUT2D eigenvalue weighted by atomic mass is 16.5. The number of amides is 3. The van der Waals surface area contributed by atoms with E-state index in [2.05, 4.69) is 5.32 Å². The van der Waals surface area contributed by atoms with Crippen LogP contribution >= 0.6 is 0 Å². The Bertz CT molecular complexity index is 317. The Hall–Kier alpha value is -1.63. The summed E-state index contributed by atoms with van der Waals surface area (Å²) < 4.78 is 4.90. The molecule has 0 unspecified atom stereocenters. The molecule has 0 aromatic carbocycles. The van der Waals surface area contributed by atoms with Crippen LogP contribution in [-0.4, -0.2) is 54.7 Å². The molecule has 0 aliphatic heterocycles. The third-order valence-corrected chi connectivity index (χ3v) is 2.25. The van der Waals surface area contributed by atoms with E-state index in [-0.39, 0.29) is 18.8 Å². The van der Waals surface area contributed by atoms with Crippen LogP contribution in [0.2, 0.25) is 0 Å². The van der Waals surface area contributed by atoms with Crippen molar-refractivity contribution < 1.29 is 24.2 Å². The van der Waals surface area contributed by atoms with Crippen LogP contribution in [0.25, 0.3) is 0 Å². The number of nitrogens with one attached hydrogen (secondary N) is 1. The first-order valence-electron chi connectivity index (χ1n) is 6.16. The Kier molecular flexibility index (Phi) is 8.52. The first-order valence-corrected chi connectivity index (χ1v) is 6.16. The lowest BCUT2D eigenvalue weighted by atomic mass is 10.2. The van der Waals surface area contributed by atoms with Crippen molar-refractivity contribution in [1.82, 2.24) is 10.2 Å². The first kappa shape index (κ1) is 17.4. The molecule has 0 fully saturated rings. The summed E-state index contributed by atoms with van der Waals surface area (Å²) in [5, 5.41) is 10.6. The van der Waals surface area contributed by atoms with Gasteiger partial charge >= 0.3 is 12.0 Å². The number of urea groups is 1. The number of ether oxygens (including phenoxy) is 1. The van der Waals surface area contributed by atoms with Crippen molar-refractivity contribution >= 4 is 17.9 Å². The minimum atomic E-state index is -1.07. The number of imide groups is 1. The number of hydrogen-bond donors (Lipinski definition) is 2. The van der Waals surface area contributed by atoms with Crippen molar-refractivity contribution in [2.75, 3.05) is 26.8 Å². The summed E-state index contributed by atoms with van der Waals surface area (Å²) in [5.41, 5.74) is 0. The van der Waals surface area contributed by atoms with Crippen molar-refractivity contribution in [3.63, 3.8) is 0 Å². The molecule has 0 radical (unpaired) electrons. The molecule has 19 heavy (non-hydrogen) atoms. The van der Waals surface area contributed by atoms with Gasteiger partial charge in [0.1, 0.15) is 0 Å². The fraction of sp³-hybridized carbons (Fsp3) is 0.750. The highest BCUT2D eigenvalue weighted by Gasteiger charge is 2.17. The minimum absolute atomic E-state index is 0.207. The van der Waals surface area contributed by atoms with Crippen LogP contribution in [0.1, 0.15) is 26.7 Å². The fourth-order valence-corrected chi connectivity index (χ4v) is 1.40. The molecule has 2 N–H and O–H groups in total. The lowest BCUT2D eigenvalue weighted by molar-refractivity contribution is -0.138. The highest BCUT2D eigenvalue weighted by molar-refractivity contribution is 5.95. The van der Waals surface area contributed by atoms with Gasteiger partial charge in [0.25, 0.3) is 0 Å². The molecule has 110 valence electrons. The van der Waals surface area contributed by atoms with Gasteiger partial charge in [-0.1, -0.05) is 13.8 Å². The molecule has 0 rings (SSSR count). The fourth-order valence-electron chi connectivity index (χ4n) is 1.40. The molecular weight excluding hydrogens is 252 g/mol. The van der Waals surface area contributed by atoms with E-state index < -0.39 is 17.9 Å².